The molecule has 0 aliphatic rings. The third-order valence-electron chi connectivity index (χ3n) is 5.29. The summed E-state index contributed by atoms with van der Waals surface area (Å²) in [6.45, 7) is 0.539. The Labute approximate surface area is 189 Å². The third kappa shape index (κ3) is 4.36. The van der Waals surface area contributed by atoms with Gasteiger partial charge in [0, 0.05) is 25.7 Å². The van der Waals surface area contributed by atoms with E-state index >= 15 is 0 Å². The molecule has 0 atom stereocenters. The number of rotatable bonds is 7. The van der Waals surface area contributed by atoms with Crippen LogP contribution in [0.15, 0.2) is 69.3 Å². The number of halogens is 1. The van der Waals surface area contributed by atoms with Crippen LogP contribution in [0.2, 0.25) is 5.02 Å². The number of anilines is 1. The Morgan fingerprint density at radius 3 is 2.47 bits per heavy atom. The summed E-state index contributed by atoms with van der Waals surface area (Å²) < 4.78 is 4.26. The fraction of sp³-hybridized carbons (Fsp3) is 0.217. The van der Waals surface area contributed by atoms with Crippen molar-refractivity contribution in [3.63, 3.8) is 0 Å². The molecule has 0 saturated carbocycles. The van der Waals surface area contributed by atoms with Gasteiger partial charge in [-0.1, -0.05) is 54.1 Å². The SMILES string of the molecule is Cn1c(=O)c2c(nc(NN=Cc3ccc(Cl)cc3)n2CCCc2ccccc2)n(C)c1=O. The maximum absolute atomic E-state index is 12.9. The van der Waals surface area contributed by atoms with E-state index in [0.717, 1.165) is 23.0 Å². The average molecular weight is 451 g/mol. The molecule has 0 bridgehead atoms. The molecule has 0 radical (unpaired) electrons. The summed E-state index contributed by atoms with van der Waals surface area (Å²) in [7, 11) is 3.07. The molecule has 8 nitrogen and oxygen atoms in total. The lowest BCUT2D eigenvalue weighted by molar-refractivity contribution is 0.651. The molecule has 4 aromatic rings. The van der Waals surface area contributed by atoms with Crippen molar-refractivity contribution in [3.8, 4) is 0 Å². The molecule has 2 heterocycles. The average Bonchev–Trinajstić information content (AvgIpc) is 3.17. The van der Waals surface area contributed by atoms with Crippen molar-refractivity contribution in [3.05, 3.63) is 91.6 Å². The smallest absolute Gasteiger partial charge is 0.303 e. The van der Waals surface area contributed by atoms with Gasteiger partial charge in [0.15, 0.2) is 11.2 Å². The van der Waals surface area contributed by atoms with Crippen LogP contribution >= 0.6 is 11.6 Å². The van der Waals surface area contributed by atoms with Crippen LogP contribution in [0.25, 0.3) is 11.2 Å². The minimum atomic E-state index is -0.423. The molecule has 0 spiro atoms. The van der Waals surface area contributed by atoms with E-state index in [0.29, 0.717) is 28.7 Å². The summed E-state index contributed by atoms with van der Waals surface area (Å²) >= 11 is 5.92. The van der Waals surface area contributed by atoms with E-state index in [2.05, 4.69) is 27.6 Å². The highest BCUT2D eigenvalue weighted by Gasteiger charge is 2.18. The summed E-state index contributed by atoms with van der Waals surface area (Å²) in [5.41, 5.74) is 4.89. The molecule has 2 aromatic carbocycles. The highest BCUT2D eigenvalue weighted by atomic mass is 35.5. The number of hydrogen-bond donors (Lipinski definition) is 1. The van der Waals surface area contributed by atoms with Gasteiger partial charge in [0.1, 0.15) is 0 Å². The summed E-state index contributed by atoms with van der Waals surface area (Å²) in [5, 5.41) is 4.92. The number of benzene rings is 2. The number of aromatic nitrogens is 4. The predicted octanol–water partition coefficient (Wildman–Crippen LogP) is 3.17. The fourth-order valence-corrected chi connectivity index (χ4v) is 3.67. The number of nitrogens with one attached hydrogen (secondary N) is 1. The van der Waals surface area contributed by atoms with Crippen LogP contribution in [-0.4, -0.2) is 24.9 Å². The number of aryl methyl sites for hydroxylation is 3. The number of hydrazone groups is 1. The van der Waals surface area contributed by atoms with Crippen LogP contribution in [0.4, 0.5) is 5.95 Å². The zero-order valence-electron chi connectivity index (χ0n) is 17.8. The van der Waals surface area contributed by atoms with E-state index in [1.807, 2.05) is 30.3 Å². The second-order valence-corrected chi connectivity index (χ2v) is 7.91. The van der Waals surface area contributed by atoms with E-state index in [-0.39, 0.29) is 5.56 Å². The van der Waals surface area contributed by atoms with Crippen molar-refractivity contribution < 1.29 is 0 Å². The van der Waals surface area contributed by atoms with Gasteiger partial charge in [-0.2, -0.15) is 10.1 Å². The number of nitrogens with zero attached hydrogens (tertiary/aromatic N) is 5. The molecule has 32 heavy (non-hydrogen) atoms. The minimum Gasteiger partial charge on any atom is -0.303 e. The molecular weight excluding hydrogens is 428 g/mol. The Bertz CT molecular complexity index is 1380. The Morgan fingerprint density at radius 2 is 1.75 bits per heavy atom. The van der Waals surface area contributed by atoms with Gasteiger partial charge < -0.3 is 4.57 Å². The van der Waals surface area contributed by atoms with Gasteiger partial charge in [-0.05, 0) is 36.1 Å². The highest BCUT2D eigenvalue weighted by molar-refractivity contribution is 6.30. The van der Waals surface area contributed by atoms with Crippen LogP contribution in [0, 0.1) is 0 Å². The van der Waals surface area contributed by atoms with Crippen LogP contribution in [0.1, 0.15) is 17.5 Å². The normalized spacial score (nSPS) is 11.5. The molecule has 1 N–H and O–H groups in total. The maximum atomic E-state index is 12.9. The zero-order valence-corrected chi connectivity index (χ0v) is 18.6. The molecule has 0 fully saturated rings. The second kappa shape index (κ2) is 9.23. The number of fused-ring (bicyclic) bond motifs is 1. The van der Waals surface area contributed by atoms with Gasteiger partial charge >= 0.3 is 5.69 Å². The van der Waals surface area contributed by atoms with E-state index in [1.165, 1.54) is 17.2 Å². The topological polar surface area (TPSA) is 86.2 Å². The number of hydrogen-bond acceptors (Lipinski definition) is 5. The van der Waals surface area contributed by atoms with Crippen molar-refractivity contribution in [2.24, 2.45) is 19.2 Å². The van der Waals surface area contributed by atoms with Gasteiger partial charge in [-0.3, -0.25) is 13.9 Å². The summed E-state index contributed by atoms with van der Waals surface area (Å²) in [6.07, 6.45) is 3.28. The minimum absolute atomic E-state index is 0.321. The highest BCUT2D eigenvalue weighted by Crippen LogP contribution is 2.17. The quantitative estimate of drug-likeness (QED) is 0.346. The lowest BCUT2D eigenvalue weighted by atomic mass is 10.1. The summed E-state index contributed by atoms with van der Waals surface area (Å²) in [4.78, 5) is 29.8. The van der Waals surface area contributed by atoms with Gasteiger partial charge in [0.05, 0.1) is 6.21 Å². The molecule has 0 saturated heterocycles. The van der Waals surface area contributed by atoms with Crippen LogP contribution in [0.5, 0.6) is 0 Å². The van der Waals surface area contributed by atoms with Crippen LogP contribution in [-0.2, 0) is 27.1 Å². The molecule has 164 valence electrons. The lowest BCUT2D eigenvalue weighted by Gasteiger charge is -2.09. The van der Waals surface area contributed by atoms with Gasteiger partial charge in [-0.25, -0.2) is 10.2 Å². The monoisotopic (exact) mass is 450 g/mol. The summed E-state index contributed by atoms with van der Waals surface area (Å²) in [5.74, 6) is 0.400. The molecule has 2 aromatic heterocycles. The van der Waals surface area contributed by atoms with Crippen LogP contribution < -0.4 is 16.7 Å². The molecule has 0 aliphatic carbocycles. The van der Waals surface area contributed by atoms with Gasteiger partial charge in [0.2, 0.25) is 5.95 Å². The molecule has 0 aliphatic heterocycles. The summed E-state index contributed by atoms with van der Waals surface area (Å²) in [6, 6.07) is 17.4. The first-order valence-corrected chi connectivity index (χ1v) is 10.6. The first-order chi connectivity index (χ1) is 15.5. The fourth-order valence-electron chi connectivity index (χ4n) is 3.55. The van der Waals surface area contributed by atoms with Gasteiger partial charge in [0.25, 0.3) is 5.56 Å². The molecule has 0 unspecified atom stereocenters. The molecule has 9 heteroatoms. The largest absolute Gasteiger partial charge is 0.332 e. The Morgan fingerprint density at radius 1 is 1.03 bits per heavy atom. The van der Waals surface area contributed by atoms with Crippen molar-refractivity contribution in [1.82, 2.24) is 18.7 Å². The van der Waals surface area contributed by atoms with Crippen molar-refractivity contribution in [2.45, 2.75) is 19.4 Å². The van der Waals surface area contributed by atoms with Gasteiger partial charge in [-0.15, -0.1) is 0 Å². The van der Waals surface area contributed by atoms with Crippen molar-refractivity contribution >= 4 is 34.9 Å². The first-order valence-electron chi connectivity index (χ1n) is 10.2. The Hall–Kier alpha value is -3.65. The predicted molar refractivity (Wildman–Crippen MR) is 128 cm³/mol. The van der Waals surface area contributed by atoms with Crippen molar-refractivity contribution in [1.29, 1.82) is 0 Å². The van der Waals surface area contributed by atoms with E-state index in [9.17, 15) is 9.59 Å². The van der Waals surface area contributed by atoms with Crippen LogP contribution in [0.3, 0.4) is 0 Å². The van der Waals surface area contributed by atoms with E-state index in [1.54, 1.807) is 30.0 Å². The first kappa shape index (κ1) is 21.6. The molecule has 4 rings (SSSR count). The molecule has 0 amide bonds. The third-order valence-corrected chi connectivity index (χ3v) is 5.54. The number of imidazole rings is 1. The zero-order chi connectivity index (χ0) is 22.7. The van der Waals surface area contributed by atoms with E-state index < -0.39 is 5.69 Å². The Kier molecular flexibility index (Phi) is 6.23. The molecular formula is C23H23ClN6O2. The Balaban J connectivity index is 1.68. The van der Waals surface area contributed by atoms with E-state index in [4.69, 9.17) is 11.6 Å². The second-order valence-electron chi connectivity index (χ2n) is 7.48. The lowest BCUT2D eigenvalue weighted by Crippen LogP contribution is -2.37. The van der Waals surface area contributed by atoms with Crippen molar-refractivity contribution in [2.75, 3.05) is 5.43 Å². The maximum Gasteiger partial charge on any atom is 0.332 e. The standard InChI is InChI=1S/C23H23ClN6O2/c1-28-20-19(21(31)29(2)23(28)32)30(14-6-9-16-7-4-3-5-8-16)22(26-20)27-25-15-17-10-12-18(24)13-11-17/h3-5,7-8,10-13,15H,6,9,14H2,1-2H3,(H,26,27).